The number of H-pyrrole nitrogens is 2. The van der Waals surface area contributed by atoms with Crippen LogP contribution in [0.25, 0.3) is 11.3 Å². The van der Waals surface area contributed by atoms with E-state index in [1.807, 2.05) is 24.3 Å². The molecule has 1 aromatic heterocycles. The molecular formula is C14H17N3O2. The topological polar surface area (TPSA) is 69.9 Å². The first-order valence-electron chi connectivity index (χ1n) is 6.55. The van der Waals surface area contributed by atoms with Crippen molar-refractivity contribution in [1.29, 1.82) is 0 Å². The van der Waals surface area contributed by atoms with Gasteiger partial charge in [0.15, 0.2) is 0 Å². The fourth-order valence-electron chi connectivity index (χ4n) is 2.29. The molecule has 19 heavy (non-hydrogen) atoms. The number of aromatic amines is 2. The molecule has 3 N–H and O–H groups in total. The molecule has 1 aliphatic heterocycles. The van der Waals surface area contributed by atoms with Crippen LogP contribution in [0.5, 0.6) is 0 Å². The zero-order valence-corrected chi connectivity index (χ0v) is 10.6. The van der Waals surface area contributed by atoms with E-state index in [9.17, 15) is 4.79 Å². The number of hydrogen-bond donors (Lipinski definition) is 3. The minimum absolute atomic E-state index is 0.115. The van der Waals surface area contributed by atoms with Crippen LogP contribution in [0.3, 0.4) is 0 Å². The molecule has 0 bridgehead atoms. The van der Waals surface area contributed by atoms with Crippen molar-refractivity contribution in [3.8, 4) is 11.3 Å². The molecule has 0 amide bonds. The van der Waals surface area contributed by atoms with Gasteiger partial charge in [0, 0.05) is 24.9 Å². The van der Waals surface area contributed by atoms with Crippen molar-refractivity contribution < 1.29 is 4.74 Å². The average Bonchev–Trinajstić information content (AvgIpc) is 3.08. The van der Waals surface area contributed by atoms with Gasteiger partial charge in [0.1, 0.15) is 0 Å². The quantitative estimate of drug-likeness (QED) is 0.786. The van der Waals surface area contributed by atoms with Crippen LogP contribution < -0.4 is 10.9 Å². The first-order valence-corrected chi connectivity index (χ1v) is 6.55. The Labute approximate surface area is 111 Å². The molecule has 1 fully saturated rings. The van der Waals surface area contributed by atoms with E-state index in [0.29, 0.717) is 6.10 Å². The maximum absolute atomic E-state index is 11.1. The summed E-state index contributed by atoms with van der Waals surface area (Å²) in [5, 5.41) is 8.74. The van der Waals surface area contributed by atoms with E-state index in [1.54, 1.807) is 6.07 Å². The molecule has 2 heterocycles. The van der Waals surface area contributed by atoms with Crippen molar-refractivity contribution in [3.05, 3.63) is 40.7 Å². The Morgan fingerprint density at radius 1 is 1.26 bits per heavy atom. The molecule has 1 aliphatic rings. The molecule has 1 saturated heterocycles. The zero-order chi connectivity index (χ0) is 13.1. The Hall–Kier alpha value is -2.01. The van der Waals surface area contributed by atoms with Crippen LogP contribution in [-0.4, -0.2) is 29.5 Å². The lowest BCUT2D eigenvalue weighted by molar-refractivity contribution is 0.120. The predicted molar refractivity (Wildman–Crippen MR) is 74.3 cm³/mol. The van der Waals surface area contributed by atoms with Gasteiger partial charge in [0.25, 0.3) is 5.56 Å². The molecule has 100 valence electrons. The molecule has 2 aromatic rings. The monoisotopic (exact) mass is 259 g/mol. The fourth-order valence-corrected chi connectivity index (χ4v) is 2.29. The van der Waals surface area contributed by atoms with Crippen molar-refractivity contribution >= 4 is 5.69 Å². The lowest BCUT2D eigenvalue weighted by Crippen LogP contribution is -2.18. The van der Waals surface area contributed by atoms with E-state index in [4.69, 9.17) is 4.74 Å². The molecule has 5 nitrogen and oxygen atoms in total. The van der Waals surface area contributed by atoms with Crippen LogP contribution in [0.15, 0.2) is 35.1 Å². The molecule has 1 aromatic carbocycles. The van der Waals surface area contributed by atoms with Crippen LogP contribution in [0.1, 0.15) is 12.8 Å². The summed E-state index contributed by atoms with van der Waals surface area (Å²) in [6, 6.07) is 9.54. The molecular weight excluding hydrogens is 242 g/mol. The number of rotatable bonds is 4. The number of benzene rings is 1. The van der Waals surface area contributed by atoms with Gasteiger partial charge in [-0.25, -0.2) is 0 Å². The SMILES string of the molecule is O=c1cc(-c2ccc(NCC3CCCO3)cc2)[nH][nH]1. The smallest absolute Gasteiger partial charge is 0.264 e. The molecule has 1 atom stereocenters. The van der Waals surface area contributed by atoms with Gasteiger partial charge in [-0.3, -0.25) is 15.0 Å². The third-order valence-corrected chi connectivity index (χ3v) is 3.35. The zero-order valence-electron chi connectivity index (χ0n) is 10.6. The third kappa shape index (κ3) is 2.88. The largest absolute Gasteiger partial charge is 0.382 e. The average molecular weight is 259 g/mol. The second kappa shape index (κ2) is 5.32. The minimum atomic E-state index is -0.115. The van der Waals surface area contributed by atoms with Crippen LogP contribution in [0.4, 0.5) is 5.69 Å². The van der Waals surface area contributed by atoms with Gasteiger partial charge < -0.3 is 10.1 Å². The normalized spacial score (nSPS) is 18.6. The van der Waals surface area contributed by atoms with Crippen molar-refractivity contribution in [3.63, 3.8) is 0 Å². The van der Waals surface area contributed by atoms with Gasteiger partial charge in [-0.15, -0.1) is 0 Å². The summed E-state index contributed by atoms with van der Waals surface area (Å²) in [6.45, 7) is 1.73. The molecule has 3 rings (SSSR count). The van der Waals surface area contributed by atoms with E-state index in [1.165, 1.54) is 0 Å². The highest BCUT2D eigenvalue weighted by atomic mass is 16.5. The van der Waals surface area contributed by atoms with Crippen LogP contribution in [0, 0.1) is 0 Å². The highest BCUT2D eigenvalue weighted by Gasteiger charge is 2.14. The van der Waals surface area contributed by atoms with E-state index in [-0.39, 0.29) is 5.56 Å². The highest BCUT2D eigenvalue weighted by Crippen LogP contribution is 2.19. The Bertz CT molecular complexity index is 579. The van der Waals surface area contributed by atoms with Crippen LogP contribution in [0.2, 0.25) is 0 Å². The molecule has 0 spiro atoms. The van der Waals surface area contributed by atoms with Gasteiger partial charge in [0.2, 0.25) is 0 Å². The standard InChI is InChI=1S/C14H17N3O2/c18-14-8-13(16-17-14)10-3-5-11(6-4-10)15-9-12-2-1-7-19-12/h3-6,8,12,15H,1-2,7,9H2,(H2,16,17,18). The van der Waals surface area contributed by atoms with E-state index < -0.39 is 0 Å². The first-order chi connectivity index (χ1) is 9.31. The van der Waals surface area contributed by atoms with Gasteiger partial charge in [-0.05, 0) is 30.5 Å². The van der Waals surface area contributed by atoms with Crippen LogP contribution in [-0.2, 0) is 4.74 Å². The van der Waals surface area contributed by atoms with Crippen molar-refractivity contribution in [2.45, 2.75) is 18.9 Å². The molecule has 0 aliphatic carbocycles. The second-order valence-electron chi connectivity index (χ2n) is 4.77. The lowest BCUT2D eigenvalue weighted by atomic mass is 10.1. The maximum atomic E-state index is 11.1. The Kier molecular flexibility index (Phi) is 3.37. The Morgan fingerprint density at radius 2 is 2.11 bits per heavy atom. The third-order valence-electron chi connectivity index (χ3n) is 3.35. The summed E-state index contributed by atoms with van der Waals surface area (Å²) in [5.74, 6) is 0. The number of anilines is 1. The Morgan fingerprint density at radius 3 is 2.74 bits per heavy atom. The summed E-state index contributed by atoms with van der Waals surface area (Å²) < 4.78 is 5.56. The predicted octanol–water partition coefficient (Wildman–Crippen LogP) is 1.96. The van der Waals surface area contributed by atoms with E-state index in [2.05, 4.69) is 15.5 Å². The summed E-state index contributed by atoms with van der Waals surface area (Å²) in [4.78, 5) is 11.1. The molecule has 1 unspecified atom stereocenters. The summed E-state index contributed by atoms with van der Waals surface area (Å²) in [6.07, 6.45) is 2.63. The van der Waals surface area contributed by atoms with Crippen molar-refractivity contribution in [2.75, 3.05) is 18.5 Å². The number of hydrogen-bond acceptors (Lipinski definition) is 3. The van der Waals surface area contributed by atoms with Crippen LogP contribution >= 0.6 is 0 Å². The van der Waals surface area contributed by atoms with Crippen molar-refractivity contribution in [2.24, 2.45) is 0 Å². The van der Waals surface area contributed by atoms with Gasteiger partial charge in [0.05, 0.1) is 11.8 Å². The molecule has 0 radical (unpaired) electrons. The minimum Gasteiger partial charge on any atom is -0.382 e. The second-order valence-corrected chi connectivity index (χ2v) is 4.77. The Balaban J connectivity index is 1.63. The first kappa shape index (κ1) is 12.0. The summed E-state index contributed by atoms with van der Waals surface area (Å²) in [5.41, 5.74) is 2.74. The van der Waals surface area contributed by atoms with Crippen molar-refractivity contribution in [1.82, 2.24) is 10.2 Å². The number of aromatic nitrogens is 2. The van der Waals surface area contributed by atoms with E-state index >= 15 is 0 Å². The van der Waals surface area contributed by atoms with Gasteiger partial charge in [-0.1, -0.05) is 12.1 Å². The fraction of sp³-hybridized carbons (Fsp3) is 0.357. The maximum Gasteiger partial charge on any atom is 0.264 e. The summed E-state index contributed by atoms with van der Waals surface area (Å²) in [7, 11) is 0. The summed E-state index contributed by atoms with van der Waals surface area (Å²) >= 11 is 0. The van der Waals surface area contributed by atoms with E-state index in [0.717, 1.165) is 42.9 Å². The number of nitrogens with one attached hydrogen (secondary N) is 3. The van der Waals surface area contributed by atoms with Gasteiger partial charge >= 0.3 is 0 Å². The number of ether oxygens (including phenoxy) is 1. The lowest BCUT2D eigenvalue weighted by Gasteiger charge is -2.12. The van der Waals surface area contributed by atoms with Gasteiger partial charge in [-0.2, -0.15) is 0 Å². The molecule has 0 saturated carbocycles. The molecule has 5 heteroatoms. The highest BCUT2D eigenvalue weighted by molar-refractivity contribution is 5.62.